The molecule has 0 aromatic carbocycles. The van der Waals surface area contributed by atoms with Crippen molar-refractivity contribution in [1.82, 2.24) is 19.6 Å². The molecule has 5 heteroatoms. The molecule has 0 aliphatic heterocycles. The normalized spacial score (nSPS) is 18.4. The largest absolute Gasteiger partial charge is 0.309 e. The van der Waals surface area contributed by atoms with Crippen LogP contribution in [0.4, 0.5) is 0 Å². The van der Waals surface area contributed by atoms with Crippen LogP contribution in [0.1, 0.15) is 25.0 Å². The van der Waals surface area contributed by atoms with E-state index in [9.17, 15) is 0 Å². The third-order valence-electron chi connectivity index (χ3n) is 4.14. The topological polar surface area (TPSA) is 32.6 Å². The lowest BCUT2D eigenvalue weighted by Crippen LogP contribution is -2.56. The summed E-state index contributed by atoms with van der Waals surface area (Å²) in [4.78, 5) is 8.04. The van der Waals surface area contributed by atoms with Crippen LogP contribution in [-0.4, -0.2) is 40.5 Å². The zero-order valence-corrected chi connectivity index (χ0v) is 11.8. The van der Waals surface area contributed by atoms with Crippen LogP contribution in [0.15, 0.2) is 17.8 Å². The fourth-order valence-electron chi connectivity index (χ4n) is 2.65. The zero-order chi connectivity index (χ0) is 12.6. The van der Waals surface area contributed by atoms with Gasteiger partial charge in [-0.25, -0.2) is 4.98 Å². The molecule has 0 atom stereocenters. The van der Waals surface area contributed by atoms with Gasteiger partial charge in [0.05, 0.1) is 5.69 Å². The maximum Gasteiger partial charge on any atom is 0.193 e. The van der Waals surface area contributed by atoms with E-state index in [1.165, 1.54) is 19.3 Å². The van der Waals surface area contributed by atoms with Crippen molar-refractivity contribution in [3.63, 3.8) is 0 Å². The number of likely N-dealkylation sites (N-methyl/N-ethyl adjacent to an activating group) is 1. The molecule has 18 heavy (non-hydrogen) atoms. The molecule has 2 aromatic rings. The summed E-state index contributed by atoms with van der Waals surface area (Å²) in [5.74, 6) is 0. The lowest BCUT2D eigenvalue weighted by molar-refractivity contribution is 0.0597. The number of nitrogens with one attached hydrogen (secondary N) is 1. The van der Waals surface area contributed by atoms with Crippen LogP contribution in [0.2, 0.25) is 0 Å². The fraction of sp³-hybridized carbons (Fsp3) is 0.615. The Balaban J connectivity index is 1.57. The second-order valence-electron chi connectivity index (χ2n) is 5.40. The van der Waals surface area contributed by atoms with Crippen molar-refractivity contribution in [2.24, 2.45) is 0 Å². The van der Waals surface area contributed by atoms with Gasteiger partial charge in [0.1, 0.15) is 0 Å². The summed E-state index contributed by atoms with van der Waals surface area (Å²) in [5.41, 5.74) is 1.52. The average Bonchev–Trinajstić information content (AvgIpc) is 2.81. The number of nitrogens with zero attached hydrogens (tertiary/aromatic N) is 3. The van der Waals surface area contributed by atoms with Crippen molar-refractivity contribution in [1.29, 1.82) is 0 Å². The lowest BCUT2D eigenvalue weighted by atomic mass is 9.75. The number of hydrogen-bond donors (Lipinski definition) is 1. The van der Waals surface area contributed by atoms with Gasteiger partial charge in [-0.05, 0) is 33.4 Å². The molecule has 0 saturated heterocycles. The second-order valence-corrected chi connectivity index (χ2v) is 6.27. The first-order valence-corrected chi connectivity index (χ1v) is 7.37. The maximum absolute atomic E-state index is 4.59. The Morgan fingerprint density at radius 2 is 2.33 bits per heavy atom. The minimum absolute atomic E-state index is 0.386. The van der Waals surface area contributed by atoms with E-state index in [1.807, 2.05) is 0 Å². The van der Waals surface area contributed by atoms with Gasteiger partial charge in [0.2, 0.25) is 0 Å². The van der Waals surface area contributed by atoms with E-state index in [2.05, 4.69) is 51.5 Å². The monoisotopic (exact) mass is 264 g/mol. The van der Waals surface area contributed by atoms with E-state index in [-0.39, 0.29) is 0 Å². The molecule has 1 aliphatic carbocycles. The van der Waals surface area contributed by atoms with E-state index >= 15 is 0 Å². The first kappa shape index (κ1) is 12.1. The van der Waals surface area contributed by atoms with Crippen molar-refractivity contribution in [3.05, 3.63) is 23.5 Å². The Kier molecular flexibility index (Phi) is 3.13. The molecular formula is C13H20N4S. The van der Waals surface area contributed by atoms with Crippen LogP contribution in [0.5, 0.6) is 0 Å². The number of thiazole rings is 1. The zero-order valence-electron chi connectivity index (χ0n) is 11.0. The van der Waals surface area contributed by atoms with Gasteiger partial charge in [0, 0.05) is 36.4 Å². The summed E-state index contributed by atoms with van der Waals surface area (Å²) in [5, 5.41) is 5.63. The lowest BCUT2D eigenvalue weighted by Gasteiger charge is -2.47. The molecule has 1 fully saturated rings. The molecule has 0 spiro atoms. The molecule has 0 radical (unpaired) electrons. The van der Waals surface area contributed by atoms with Crippen LogP contribution in [0, 0.1) is 0 Å². The smallest absolute Gasteiger partial charge is 0.193 e. The fourth-order valence-corrected chi connectivity index (χ4v) is 3.37. The van der Waals surface area contributed by atoms with Crippen LogP contribution < -0.4 is 5.32 Å². The standard InChI is InChI=1S/C13H20N4S/c1-16(2)13(4-3-5-13)10-14-8-11-9-17-6-7-18-12(17)15-11/h6-7,9,14H,3-5,8,10H2,1-2H3. The summed E-state index contributed by atoms with van der Waals surface area (Å²) >= 11 is 1.68. The Morgan fingerprint density at radius 3 is 2.94 bits per heavy atom. The van der Waals surface area contributed by atoms with Gasteiger partial charge in [-0.15, -0.1) is 11.3 Å². The van der Waals surface area contributed by atoms with E-state index in [0.717, 1.165) is 23.7 Å². The molecular weight excluding hydrogens is 244 g/mol. The van der Waals surface area contributed by atoms with Gasteiger partial charge in [-0.2, -0.15) is 0 Å². The third kappa shape index (κ3) is 2.06. The SMILES string of the molecule is CN(C)C1(CNCc2cn3ccsc3n2)CCC1. The Morgan fingerprint density at radius 1 is 1.50 bits per heavy atom. The summed E-state index contributed by atoms with van der Waals surface area (Å²) < 4.78 is 2.09. The molecule has 0 amide bonds. The van der Waals surface area contributed by atoms with Crippen molar-refractivity contribution in [2.75, 3.05) is 20.6 Å². The number of rotatable bonds is 5. The minimum Gasteiger partial charge on any atom is -0.309 e. The number of imidazole rings is 1. The Labute approximate surface area is 112 Å². The number of aromatic nitrogens is 2. The van der Waals surface area contributed by atoms with Crippen LogP contribution in [0.25, 0.3) is 4.96 Å². The quantitative estimate of drug-likeness (QED) is 0.896. The van der Waals surface area contributed by atoms with Gasteiger partial charge in [-0.1, -0.05) is 0 Å². The second kappa shape index (κ2) is 4.64. The number of fused-ring (bicyclic) bond motifs is 1. The summed E-state index contributed by atoms with van der Waals surface area (Å²) in [6.07, 6.45) is 8.16. The molecule has 4 nitrogen and oxygen atoms in total. The van der Waals surface area contributed by atoms with Crippen LogP contribution >= 0.6 is 11.3 Å². The maximum atomic E-state index is 4.59. The van der Waals surface area contributed by atoms with Crippen molar-refractivity contribution in [3.8, 4) is 0 Å². The molecule has 98 valence electrons. The Hall–Kier alpha value is -0.910. The number of hydrogen-bond acceptors (Lipinski definition) is 4. The van der Waals surface area contributed by atoms with Crippen LogP contribution in [-0.2, 0) is 6.54 Å². The third-order valence-corrected chi connectivity index (χ3v) is 4.91. The van der Waals surface area contributed by atoms with Gasteiger partial charge < -0.3 is 10.2 Å². The van der Waals surface area contributed by atoms with Gasteiger partial charge in [-0.3, -0.25) is 4.40 Å². The van der Waals surface area contributed by atoms with Crippen molar-refractivity contribution < 1.29 is 0 Å². The highest BCUT2D eigenvalue weighted by molar-refractivity contribution is 7.15. The van der Waals surface area contributed by atoms with E-state index < -0.39 is 0 Å². The van der Waals surface area contributed by atoms with Crippen molar-refractivity contribution >= 4 is 16.3 Å². The molecule has 3 rings (SSSR count). The molecule has 0 unspecified atom stereocenters. The molecule has 0 bridgehead atoms. The summed E-state index contributed by atoms with van der Waals surface area (Å²) in [6.45, 7) is 1.93. The molecule has 1 N–H and O–H groups in total. The molecule has 1 saturated carbocycles. The summed E-state index contributed by atoms with van der Waals surface area (Å²) in [6, 6.07) is 0. The first-order chi connectivity index (χ1) is 8.70. The highest BCUT2D eigenvalue weighted by atomic mass is 32.1. The predicted octanol–water partition coefficient (Wildman–Crippen LogP) is 1.97. The van der Waals surface area contributed by atoms with E-state index in [1.54, 1.807) is 11.3 Å². The molecule has 2 heterocycles. The van der Waals surface area contributed by atoms with Gasteiger partial charge >= 0.3 is 0 Å². The Bertz CT molecular complexity index is 495. The van der Waals surface area contributed by atoms with Gasteiger partial charge in [0.15, 0.2) is 4.96 Å². The predicted molar refractivity (Wildman–Crippen MR) is 75.0 cm³/mol. The minimum atomic E-state index is 0.386. The van der Waals surface area contributed by atoms with Crippen LogP contribution in [0.3, 0.4) is 0 Å². The average molecular weight is 264 g/mol. The molecule has 2 aromatic heterocycles. The highest BCUT2D eigenvalue weighted by Crippen LogP contribution is 2.35. The highest BCUT2D eigenvalue weighted by Gasteiger charge is 2.38. The molecule has 1 aliphatic rings. The van der Waals surface area contributed by atoms with Gasteiger partial charge in [0.25, 0.3) is 0 Å². The first-order valence-electron chi connectivity index (χ1n) is 6.49. The van der Waals surface area contributed by atoms with Crippen molar-refractivity contribution in [2.45, 2.75) is 31.3 Å². The van der Waals surface area contributed by atoms with E-state index in [0.29, 0.717) is 5.54 Å². The summed E-state index contributed by atoms with van der Waals surface area (Å²) in [7, 11) is 4.38. The van der Waals surface area contributed by atoms with E-state index in [4.69, 9.17) is 0 Å².